The first-order valence-electron chi connectivity index (χ1n) is 5.93. The molecule has 0 atom stereocenters. The number of carbonyl (C=O) groups excluding carboxylic acids is 1. The van der Waals surface area contributed by atoms with Gasteiger partial charge in [0.2, 0.25) is 0 Å². The summed E-state index contributed by atoms with van der Waals surface area (Å²) >= 11 is 9.53. The third kappa shape index (κ3) is 8.01. The Labute approximate surface area is 119 Å². The van der Waals surface area contributed by atoms with Crippen LogP contribution in [0.15, 0.2) is 0 Å². The summed E-state index contributed by atoms with van der Waals surface area (Å²) in [6.07, 6.45) is 0.955. The average molecular weight is 300 g/mol. The van der Waals surface area contributed by atoms with Gasteiger partial charge < -0.3 is 14.7 Å². The minimum Gasteiger partial charge on any atom is -0.444 e. The minimum atomic E-state index is -0.626. The van der Waals surface area contributed by atoms with Gasteiger partial charge in [0.1, 0.15) is 5.60 Å². The molecule has 6 heteroatoms. The Bertz CT molecular complexity index is 255. The predicted octanol–water partition coefficient (Wildman–Crippen LogP) is 3.19. The smallest absolute Gasteiger partial charge is 0.410 e. The summed E-state index contributed by atoms with van der Waals surface area (Å²) in [5, 5.41) is 9.92. The standard InChI is InChI=1S/C11H21NO3.CH2Cl2/c1-10(2,3)15-9(13)12-7-5-11(4,14)6-8-12;2-1-3/h14H,5-8H2,1-4H3;1H2. The highest BCUT2D eigenvalue weighted by molar-refractivity contribution is 6.40. The second-order valence-electron chi connectivity index (χ2n) is 5.57. The first kappa shape index (κ1) is 17.8. The van der Waals surface area contributed by atoms with Crippen molar-refractivity contribution in [3.05, 3.63) is 0 Å². The van der Waals surface area contributed by atoms with Gasteiger partial charge in [0.25, 0.3) is 0 Å². The Balaban J connectivity index is 0.000000873. The van der Waals surface area contributed by atoms with Gasteiger partial charge in [-0.05, 0) is 40.5 Å². The number of hydrogen-bond donors (Lipinski definition) is 1. The van der Waals surface area contributed by atoms with Crippen LogP contribution in [0, 0.1) is 0 Å². The summed E-state index contributed by atoms with van der Waals surface area (Å²) < 4.78 is 5.25. The van der Waals surface area contributed by atoms with Gasteiger partial charge in [0.15, 0.2) is 0 Å². The SMILES string of the molecule is CC1(O)CCN(C(=O)OC(C)(C)C)CC1.ClCCl. The van der Waals surface area contributed by atoms with Crippen molar-refractivity contribution in [2.45, 2.75) is 51.7 Å². The van der Waals surface area contributed by atoms with Crippen LogP contribution >= 0.6 is 23.2 Å². The van der Waals surface area contributed by atoms with E-state index in [-0.39, 0.29) is 11.4 Å². The number of nitrogens with zero attached hydrogens (tertiary/aromatic N) is 1. The zero-order valence-corrected chi connectivity index (χ0v) is 13.0. The van der Waals surface area contributed by atoms with Crippen molar-refractivity contribution in [2.24, 2.45) is 0 Å². The zero-order valence-electron chi connectivity index (χ0n) is 11.5. The monoisotopic (exact) mass is 299 g/mol. The number of likely N-dealkylation sites (tertiary alicyclic amines) is 1. The third-order valence-corrected chi connectivity index (χ3v) is 2.49. The van der Waals surface area contributed by atoms with Crippen LogP contribution in [0.1, 0.15) is 40.5 Å². The first-order valence-corrected chi connectivity index (χ1v) is 7.00. The van der Waals surface area contributed by atoms with E-state index in [1.54, 1.807) is 11.8 Å². The van der Waals surface area contributed by atoms with Gasteiger partial charge >= 0.3 is 6.09 Å². The molecular weight excluding hydrogens is 277 g/mol. The van der Waals surface area contributed by atoms with Crippen molar-refractivity contribution in [1.29, 1.82) is 0 Å². The lowest BCUT2D eigenvalue weighted by Crippen LogP contribution is -2.46. The number of rotatable bonds is 0. The summed E-state index contributed by atoms with van der Waals surface area (Å²) in [6.45, 7) is 8.50. The Kier molecular flexibility index (Phi) is 7.33. The topological polar surface area (TPSA) is 49.8 Å². The number of hydrogen-bond acceptors (Lipinski definition) is 3. The van der Waals surface area contributed by atoms with Gasteiger partial charge in [-0.1, -0.05) is 0 Å². The summed E-state index contributed by atoms with van der Waals surface area (Å²) in [5.41, 5.74) is -1.07. The van der Waals surface area contributed by atoms with E-state index in [9.17, 15) is 9.90 Å². The fraction of sp³-hybridized carbons (Fsp3) is 0.917. The fourth-order valence-corrected chi connectivity index (χ4v) is 1.50. The molecule has 1 N–H and O–H groups in total. The Hall–Kier alpha value is -0.190. The molecule has 0 spiro atoms. The molecule has 0 unspecified atom stereocenters. The molecule has 1 aliphatic rings. The molecule has 0 aromatic carbocycles. The maximum absolute atomic E-state index is 11.6. The fourth-order valence-electron chi connectivity index (χ4n) is 1.50. The summed E-state index contributed by atoms with van der Waals surface area (Å²) in [5.74, 6) is 0. The van der Waals surface area contributed by atoms with Crippen LogP contribution in [0.4, 0.5) is 4.79 Å². The molecule has 108 valence electrons. The summed E-state index contributed by atoms with van der Waals surface area (Å²) in [4.78, 5) is 13.3. The molecule has 18 heavy (non-hydrogen) atoms. The number of piperidine rings is 1. The van der Waals surface area contributed by atoms with E-state index < -0.39 is 11.2 Å². The van der Waals surface area contributed by atoms with Crippen molar-refractivity contribution in [3.8, 4) is 0 Å². The number of halogens is 2. The molecular formula is C12H23Cl2NO3. The number of aliphatic hydroxyl groups is 1. The molecule has 1 fully saturated rings. The summed E-state index contributed by atoms with van der Waals surface area (Å²) in [7, 11) is 0. The zero-order chi connectivity index (χ0) is 14.4. The van der Waals surface area contributed by atoms with Gasteiger partial charge in [0.05, 0.1) is 10.9 Å². The molecule has 0 saturated carbocycles. The molecule has 0 bridgehead atoms. The van der Waals surface area contributed by atoms with Gasteiger partial charge in [-0.2, -0.15) is 0 Å². The van der Waals surface area contributed by atoms with Crippen LogP contribution in [-0.2, 0) is 4.74 Å². The quantitative estimate of drug-likeness (QED) is 0.699. The number of alkyl halides is 2. The van der Waals surface area contributed by atoms with Gasteiger partial charge in [-0.3, -0.25) is 0 Å². The molecule has 0 radical (unpaired) electrons. The number of carbonyl (C=O) groups is 1. The third-order valence-electron chi connectivity index (χ3n) is 2.49. The second kappa shape index (κ2) is 7.41. The highest BCUT2D eigenvalue weighted by atomic mass is 35.5. The number of amides is 1. The lowest BCUT2D eigenvalue weighted by molar-refractivity contribution is -0.0214. The van der Waals surface area contributed by atoms with Crippen LogP contribution in [0.25, 0.3) is 0 Å². The lowest BCUT2D eigenvalue weighted by atomic mass is 9.94. The van der Waals surface area contributed by atoms with E-state index in [1.807, 2.05) is 20.8 Å². The molecule has 1 heterocycles. The Morgan fingerprint density at radius 2 is 1.72 bits per heavy atom. The van der Waals surface area contributed by atoms with Crippen molar-refractivity contribution < 1.29 is 14.6 Å². The Morgan fingerprint density at radius 3 is 2.06 bits per heavy atom. The Morgan fingerprint density at radius 1 is 1.33 bits per heavy atom. The van der Waals surface area contributed by atoms with Gasteiger partial charge in [0, 0.05) is 13.1 Å². The predicted molar refractivity (Wildman–Crippen MR) is 74.2 cm³/mol. The maximum Gasteiger partial charge on any atom is 0.410 e. The summed E-state index contributed by atoms with van der Waals surface area (Å²) in [6, 6.07) is 0. The van der Waals surface area contributed by atoms with Gasteiger partial charge in [-0.15, -0.1) is 23.2 Å². The van der Waals surface area contributed by atoms with Crippen LogP contribution in [-0.4, -0.2) is 45.7 Å². The van der Waals surface area contributed by atoms with E-state index in [0.717, 1.165) is 0 Å². The molecule has 1 amide bonds. The average Bonchev–Trinajstić information content (AvgIpc) is 2.15. The normalized spacial score (nSPS) is 18.7. The molecule has 4 nitrogen and oxygen atoms in total. The van der Waals surface area contributed by atoms with Crippen molar-refractivity contribution >= 4 is 29.3 Å². The molecule has 0 aromatic heterocycles. The van der Waals surface area contributed by atoms with E-state index in [4.69, 9.17) is 27.9 Å². The van der Waals surface area contributed by atoms with Crippen LogP contribution in [0.5, 0.6) is 0 Å². The molecule has 1 saturated heterocycles. The number of ether oxygens (including phenoxy) is 1. The lowest BCUT2D eigenvalue weighted by Gasteiger charge is -2.36. The maximum atomic E-state index is 11.6. The van der Waals surface area contributed by atoms with E-state index in [1.165, 1.54) is 0 Å². The van der Waals surface area contributed by atoms with Crippen molar-refractivity contribution in [1.82, 2.24) is 4.90 Å². The largest absolute Gasteiger partial charge is 0.444 e. The van der Waals surface area contributed by atoms with Gasteiger partial charge in [-0.25, -0.2) is 4.79 Å². The van der Waals surface area contributed by atoms with Crippen LogP contribution in [0.2, 0.25) is 0 Å². The second-order valence-corrected chi connectivity index (χ2v) is 6.37. The van der Waals surface area contributed by atoms with E-state index >= 15 is 0 Å². The van der Waals surface area contributed by atoms with Crippen LogP contribution < -0.4 is 0 Å². The minimum absolute atomic E-state index is 0.194. The van der Waals surface area contributed by atoms with Crippen LogP contribution in [0.3, 0.4) is 0 Å². The molecule has 1 aliphatic heterocycles. The highest BCUT2D eigenvalue weighted by Gasteiger charge is 2.31. The van der Waals surface area contributed by atoms with E-state index in [0.29, 0.717) is 25.9 Å². The molecule has 0 aliphatic carbocycles. The van der Waals surface area contributed by atoms with Crippen molar-refractivity contribution in [3.63, 3.8) is 0 Å². The first-order chi connectivity index (χ1) is 8.11. The van der Waals surface area contributed by atoms with E-state index in [2.05, 4.69) is 0 Å². The molecule has 0 aromatic rings. The highest BCUT2D eigenvalue weighted by Crippen LogP contribution is 2.22. The molecule has 1 rings (SSSR count). The van der Waals surface area contributed by atoms with Crippen molar-refractivity contribution in [2.75, 3.05) is 18.4 Å².